The van der Waals surface area contributed by atoms with Gasteiger partial charge in [-0.1, -0.05) is 58.7 Å². The molecule has 1 amide bonds. The molecule has 2 aromatic rings. The van der Waals surface area contributed by atoms with Gasteiger partial charge in [0.25, 0.3) is 0 Å². The first-order valence-corrected chi connectivity index (χ1v) is 10.6. The molecule has 0 bridgehead atoms. The van der Waals surface area contributed by atoms with Gasteiger partial charge in [-0.05, 0) is 35.9 Å². The van der Waals surface area contributed by atoms with Crippen LogP contribution in [-0.2, 0) is 4.79 Å². The van der Waals surface area contributed by atoms with Crippen molar-refractivity contribution in [2.75, 3.05) is 17.4 Å². The molecule has 1 atom stereocenters. The summed E-state index contributed by atoms with van der Waals surface area (Å²) >= 11 is 20.3. The fourth-order valence-corrected chi connectivity index (χ4v) is 5.50. The molecule has 1 fully saturated rings. The Morgan fingerprint density at radius 2 is 1.82 bits per heavy atom. The zero-order valence-corrected chi connectivity index (χ0v) is 17.6. The van der Waals surface area contributed by atoms with Crippen molar-refractivity contribution in [3.8, 4) is 6.07 Å². The largest absolute Gasteiger partial charge is 0.344 e. The number of nitriles is 1. The molecule has 2 aromatic carbocycles. The first kappa shape index (κ1) is 19.5. The number of hydrogen-bond acceptors (Lipinski definition) is 4. The van der Waals surface area contributed by atoms with Crippen LogP contribution in [0.4, 0.5) is 5.69 Å². The van der Waals surface area contributed by atoms with Crippen LogP contribution in [-0.4, -0.2) is 23.4 Å². The molecule has 0 radical (unpaired) electrons. The number of carbonyl (C=O) groups excluding carboxylic acids is 1. The Morgan fingerprint density at radius 3 is 2.50 bits per heavy atom. The van der Waals surface area contributed by atoms with Crippen molar-refractivity contribution in [3.63, 3.8) is 0 Å². The van der Waals surface area contributed by atoms with E-state index in [4.69, 9.17) is 34.8 Å². The molecule has 1 saturated heterocycles. The van der Waals surface area contributed by atoms with Gasteiger partial charge < -0.3 is 4.90 Å². The Morgan fingerprint density at radius 1 is 1.11 bits per heavy atom. The molecule has 2 aliphatic heterocycles. The van der Waals surface area contributed by atoms with E-state index in [-0.39, 0.29) is 12.3 Å². The third-order valence-electron chi connectivity index (χ3n) is 4.82. The van der Waals surface area contributed by atoms with Crippen molar-refractivity contribution in [2.24, 2.45) is 0 Å². The second kappa shape index (κ2) is 7.88. The summed E-state index contributed by atoms with van der Waals surface area (Å²) in [5.74, 6) is 0.109. The Balaban J connectivity index is 1.71. The van der Waals surface area contributed by atoms with E-state index in [0.29, 0.717) is 43.8 Å². The summed E-state index contributed by atoms with van der Waals surface area (Å²) in [6.45, 7) is 0.371. The minimum atomic E-state index is -0.435. The molecule has 4 rings (SSSR count). The fourth-order valence-electron chi connectivity index (χ4n) is 3.49. The smallest absolute Gasteiger partial charge is 0.229 e. The van der Waals surface area contributed by atoms with Crippen LogP contribution in [0.2, 0.25) is 15.1 Å². The number of rotatable bonds is 2. The maximum atomic E-state index is 13.0. The summed E-state index contributed by atoms with van der Waals surface area (Å²) in [6.07, 6.45) is 0.153. The summed E-state index contributed by atoms with van der Waals surface area (Å²) in [6, 6.07) is 15.0. The van der Waals surface area contributed by atoms with E-state index in [2.05, 4.69) is 11.0 Å². The lowest BCUT2D eigenvalue weighted by molar-refractivity contribution is -0.129. The number of allylic oxidation sites excluding steroid dienone is 1. The van der Waals surface area contributed by atoms with E-state index in [1.165, 1.54) is 11.8 Å². The normalized spacial score (nSPS) is 19.5. The van der Waals surface area contributed by atoms with E-state index in [9.17, 15) is 10.1 Å². The molecule has 0 aromatic heterocycles. The zero-order chi connectivity index (χ0) is 19.8. The molecular weight excluding hydrogens is 437 g/mol. The van der Waals surface area contributed by atoms with Crippen molar-refractivity contribution < 1.29 is 4.79 Å². The highest BCUT2D eigenvalue weighted by atomic mass is 35.5. The van der Waals surface area contributed by atoms with Crippen molar-refractivity contribution in [3.05, 3.63) is 73.7 Å². The van der Waals surface area contributed by atoms with E-state index in [1.807, 2.05) is 24.3 Å². The average Bonchev–Trinajstić information content (AvgIpc) is 2.68. The van der Waals surface area contributed by atoms with Crippen LogP contribution in [0.25, 0.3) is 0 Å². The lowest BCUT2D eigenvalue weighted by Gasteiger charge is -2.42. The number of carbonyl (C=O) groups is 1. The van der Waals surface area contributed by atoms with E-state index >= 15 is 0 Å². The van der Waals surface area contributed by atoms with Crippen molar-refractivity contribution >= 4 is 58.2 Å². The lowest BCUT2D eigenvalue weighted by Crippen LogP contribution is -2.47. The molecule has 2 heterocycles. The summed E-state index contributed by atoms with van der Waals surface area (Å²) in [4.78, 5) is 16.7. The lowest BCUT2D eigenvalue weighted by atomic mass is 9.86. The zero-order valence-electron chi connectivity index (χ0n) is 14.5. The van der Waals surface area contributed by atoms with E-state index in [1.54, 1.807) is 23.1 Å². The molecule has 0 aliphatic carbocycles. The molecule has 0 unspecified atom stereocenters. The third kappa shape index (κ3) is 3.46. The van der Waals surface area contributed by atoms with Crippen LogP contribution in [0.1, 0.15) is 17.9 Å². The van der Waals surface area contributed by atoms with Crippen molar-refractivity contribution in [1.29, 1.82) is 5.26 Å². The minimum Gasteiger partial charge on any atom is -0.344 e. The summed E-state index contributed by atoms with van der Waals surface area (Å²) in [5, 5.41) is 12.1. The minimum absolute atomic E-state index is 0.0609. The number of fused-ring (bicyclic) bond motifs is 1. The van der Waals surface area contributed by atoms with Gasteiger partial charge in [0, 0.05) is 33.1 Å². The topological polar surface area (TPSA) is 47.3 Å². The van der Waals surface area contributed by atoms with Crippen molar-refractivity contribution in [2.45, 2.75) is 12.3 Å². The summed E-state index contributed by atoms with van der Waals surface area (Å²) in [7, 11) is 0. The van der Waals surface area contributed by atoms with Gasteiger partial charge in [0.05, 0.1) is 29.2 Å². The van der Waals surface area contributed by atoms with Gasteiger partial charge >= 0.3 is 0 Å². The molecular formula is C20H14Cl3N3OS. The SMILES string of the molecule is N#CC1=C2SCN(c3cccc(Cl)c3)CN2C(=O)C[C@H]1c1c(Cl)cccc1Cl. The Bertz CT molecular complexity index is 1010. The first-order valence-electron chi connectivity index (χ1n) is 8.51. The quantitative estimate of drug-likeness (QED) is 0.574. The highest BCUT2D eigenvalue weighted by molar-refractivity contribution is 8.03. The van der Waals surface area contributed by atoms with Gasteiger partial charge in [0.15, 0.2) is 0 Å². The molecule has 28 heavy (non-hydrogen) atoms. The predicted octanol–water partition coefficient (Wildman–Crippen LogP) is 5.87. The summed E-state index contributed by atoms with van der Waals surface area (Å²) in [5.41, 5.74) is 2.10. The Hall–Kier alpha value is -1.84. The van der Waals surface area contributed by atoms with Crippen LogP contribution < -0.4 is 4.90 Å². The predicted molar refractivity (Wildman–Crippen MR) is 115 cm³/mol. The number of thioether (sulfide) groups is 1. The van der Waals surface area contributed by atoms with Crippen LogP contribution in [0, 0.1) is 11.3 Å². The monoisotopic (exact) mass is 449 g/mol. The first-order chi connectivity index (χ1) is 13.5. The van der Waals surface area contributed by atoms with Gasteiger partial charge in [0.1, 0.15) is 0 Å². The molecule has 142 valence electrons. The fraction of sp³-hybridized carbons (Fsp3) is 0.200. The van der Waals surface area contributed by atoms with Crippen molar-refractivity contribution in [1.82, 2.24) is 4.90 Å². The molecule has 8 heteroatoms. The maximum Gasteiger partial charge on any atom is 0.229 e. The highest BCUT2D eigenvalue weighted by Crippen LogP contribution is 2.46. The Kier molecular flexibility index (Phi) is 5.48. The molecule has 4 nitrogen and oxygen atoms in total. The van der Waals surface area contributed by atoms with E-state index in [0.717, 1.165) is 5.69 Å². The summed E-state index contributed by atoms with van der Waals surface area (Å²) < 4.78 is 0. The molecule has 0 saturated carbocycles. The highest BCUT2D eigenvalue weighted by Gasteiger charge is 2.39. The molecule has 0 N–H and O–H groups in total. The number of benzene rings is 2. The number of anilines is 1. The average molecular weight is 451 g/mol. The third-order valence-corrected chi connectivity index (χ3v) is 6.86. The molecule has 0 spiro atoms. The van der Waals surface area contributed by atoms with Crippen LogP contribution in [0.3, 0.4) is 0 Å². The van der Waals surface area contributed by atoms with Gasteiger partial charge in [-0.3, -0.25) is 9.69 Å². The van der Waals surface area contributed by atoms with Gasteiger partial charge in [0.2, 0.25) is 5.91 Å². The second-order valence-electron chi connectivity index (χ2n) is 6.48. The molecule has 2 aliphatic rings. The maximum absolute atomic E-state index is 13.0. The standard InChI is InChI=1S/C20H14Cl3N3OS/c21-12-3-1-4-13(7-12)25-10-26-18(27)8-14(15(9-24)20(26)28-11-25)19-16(22)5-2-6-17(19)23/h1-7,14H,8,10-11H2/t14-/m1/s1. The van der Waals surface area contributed by atoms with Gasteiger partial charge in [-0.25, -0.2) is 0 Å². The number of nitrogens with zero attached hydrogens (tertiary/aromatic N) is 3. The number of amides is 1. The number of halogens is 3. The van der Waals surface area contributed by atoms with Crippen LogP contribution in [0.5, 0.6) is 0 Å². The Labute approximate surface area is 182 Å². The van der Waals surface area contributed by atoms with Gasteiger partial charge in [-0.2, -0.15) is 5.26 Å². The van der Waals surface area contributed by atoms with Gasteiger partial charge in [-0.15, -0.1) is 0 Å². The van der Waals surface area contributed by atoms with E-state index < -0.39 is 5.92 Å². The second-order valence-corrected chi connectivity index (χ2v) is 8.66. The van der Waals surface area contributed by atoms with Crippen LogP contribution >= 0.6 is 46.6 Å². The number of hydrogen-bond donors (Lipinski definition) is 0. The van der Waals surface area contributed by atoms with Crippen LogP contribution in [0.15, 0.2) is 53.1 Å².